The summed E-state index contributed by atoms with van der Waals surface area (Å²) in [5.74, 6) is -0.921. The Kier molecular flexibility index (Phi) is 3.28. The second-order valence-electron chi connectivity index (χ2n) is 4.85. The van der Waals surface area contributed by atoms with E-state index in [1.165, 1.54) is 0 Å². The van der Waals surface area contributed by atoms with Crippen molar-refractivity contribution in [3.63, 3.8) is 0 Å². The first kappa shape index (κ1) is 13.1. The van der Waals surface area contributed by atoms with Crippen LogP contribution in [0.3, 0.4) is 0 Å². The molecular formula is C17H14N2O2. The lowest BCUT2D eigenvalue weighted by atomic mass is 10.1. The van der Waals surface area contributed by atoms with Crippen molar-refractivity contribution in [2.45, 2.75) is 6.92 Å². The predicted molar refractivity (Wildman–Crippen MR) is 80.7 cm³/mol. The number of aromatic nitrogens is 2. The van der Waals surface area contributed by atoms with E-state index in [0.717, 1.165) is 22.4 Å². The molecule has 4 nitrogen and oxygen atoms in total. The summed E-state index contributed by atoms with van der Waals surface area (Å²) in [5, 5.41) is 13.4. The van der Waals surface area contributed by atoms with Crippen LogP contribution in [0.15, 0.2) is 60.9 Å². The van der Waals surface area contributed by atoms with Crippen LogP contribution in [0.5, 0.6) is 0 Å². The van der Waals surface area contributed by atoms with E-state index < -0.39 is 5.97 Å². The molecule has 3 aromatic rings. The number of rotatable bonds is 3. The van der Waals surface area contributed by atoms with E-state index in [1.807, 2.05) is 43.5 Å². The molecule has 0 amide bonds. The van der Waals surface area contributed by atoms with Gasteiger partial charge < -0.3 is 5.11 Å². The van der Waals surface area contributed by atoms with Crippen LogP contribution < -0.4 is 0 Å². The van der Waals surface area contributed by atoms with E-state index in [9.17, 15) is 4.79 Å². The minimum absolute atomic E-state index is 0.284. The summed E-state index contributed by atoms with van der Waals surface area (Å²) < 4.78 is 1.77. The fourth-order valence-electron chi connectivity index (χ4n) is 2.28. The number of benzene rings is 2. The van der Waals surface area contributed by atoms with Crippen LogP contribution in [-0.2, 0) is 0 Å². The first-order valence-corrected chi connectivity index (χ1v) is 6.59. The third-order valence-electron chi connectivity index (χ3n) is 3.38. The molecule has 0 aliphatic rings. The van der Waals surface area contributed by atoms with E-state index in [-0.39, 0.29) is 5.56 Å². The highest BCUT2D eigenvalue weighted by molar-refractivity contribution is 5.88. The van der Waals surface area contributed by atoms with Gasteiger partial charge in [0.1, 0.15) is 0 Å². The lowest BCUT2D eigenvalue weighted by molar-refractivity contribution is 0.0697. The second-order valence-corrected chi connectivity index (χ2v) is 4.85. The highest BCUT2D eigenvalue weighted by Crippen LogP contribution is 2.21. The third-order valence-corrected chi connectivity index (χ3v) is 3.38. The quantitative estimate of drug-likeness (QED) is 0.797. The summed E-state index contributed by atoms with van der Waals surface area (Å²) in [5.41, 5.74) is 4.16. The van der Waals surface area contributed by atoms with Crippen molar-refractivity contribution in [2.75, 3.05) is 0 Å². The van der Waals surface area contributed by atoms with Crippen molar-refractivity contribution in [1.82, 2.24) is 9.78 Å². The smallest absolute Gasteiger partial charge is 0.335 e. The first-order valence-electron chi connectivity index (χ1n) is 6.59. The molecule has 4 heteroatoms. The third kappa shape index (κ3) is 2.56. The normalized spacial score (nSPS) is 10.5. The summed E-state index contributed by atoms with van der Waals surface area (Å²) in [6.45, 7) is 1.88. The number of nitrogens with zero attached hydrogens (tertiary/aromatic N) is 2. The van der Waals surface area contributed by atoms with Crippen molar-refractivity contribution in [3.8, 4) is 16.8 Å². The number of aryl methyl sites for hydroxylation is 1. The topological polar surface area (TPSA) is 55.1 Å². The van der Waals surface area contributed by atoms with Gasteiger partial charge in [-0.3, -0.25) is 0 Å². The molecule has 0 fully saturated rings. The Bertz CT molecular complexity index is 792. The van der Waals surface area contributed by atoms with Crippen LogP contribution >= 0.6 is 0 Å². The molecule has 0 aliphatic carbocycles. The van der Waals surface area contributed by atoms with Crippen molar-refractivity contribution in [2.24, 2.45) is 0 Å². The molecule has 0 bridgehead atoms. The van der Waals surface area contributed by atoms with Gasteiger partial charge in [0.2, 0.25) is 0 Å². The lowest BCUT2D eigenvalue weighted by Crippen LogP contribution is -2.01. The first-order chi connectivity index (χ1) is 10.1. The maximum absolute atomic E-state index is 11.0. The van der Waals surface area contributed by atoms with E-state index >= 15 is 0 Å². The summed E-state index contributed by atoms with van der Waals surface area (Å²) in [6, 6.07) is 15.0. The molecule has 0 radical (unpaired) electrons. The van der Waals surface area contributed by atoms with Gasteiger partial charge in [0.25, 0.3) is 0 Å². The predicted octanol–water partition coefficient (Wildman–Crippen LogP) is 3.55. The van der Waals surface area contributed by atoms with Crippen LogP contribution in [0.25, 0.3) is 16.8 Å². The van der Waals surface area contributed by atoms with Gasteiger partial charge in [-0.2, -0.15) is 5.10 Å². The van der Waals surface area contributed by atoms with Crippen LogP contribution in [0.1, 0.15) is 15.9 Å². The Morgan fingerprint density at radius 3 is 2.52 bits per heavy atom. The van der Waals surface area contributed by atoms with Crippen LogP contribution in [0.4, 0.5) is 0 Å². The molecule has 0 aliphatic heterocycles. The molecule has 0 atom stereocenters. The number of hydrogen-bond acceptors (Lipinski definition) is 2. The van der Waals surface area contributed by atoms with Crippen LogP contribution in [-0.4, -0.2) is 20.9 Å². The summed E-state index contributed by atoms with van der Waals surface area (Å²) in [7, 11) is 0. The zero-order chi connectivity index (χ0) is 14.8. The Hall–Kier alpha value is -2.88. The SMILES string of the molecule is Cc1cc(C(=O)O)ccc1-n1cc(-c2ccccc2)cn1. The lowest BCUT2D eigenvalue weighted by Gasteiger charge is -2.06. The summed E-state index contributed by atoms with van der Waals surface area (Å²) in [4.78, 5) is 11.0. The Morgan fingerprint density at radius 1 is 1.10 bits per heavy atom. The Balaban J connectivity index is 1.99. The number of aromatic carboxylic acids is 1. The number of carboxylic acid groups (broad SMARTS) is 1. The van der Waals surface area contributed by atoms with Gasteiger partial charge in [-0.25, -0.2) is 9.48 Å². The molecular weight excluding hydrogens is 264 g/mol. The average Bonchev–Trinajstić information content (AvgIpc) is 2.97. The highest BCUT2D eigenvalue weighted by atomic mass is 16.4. The van der Waals surface area contributed by atoms with Crippen molar-refractivity contribution in [1.29, 1.82) is 0 Å². The average molecular weight is 278 g/mol. The maximum atomic E-state index is 11.0. The monoisotopic (exact) mass is 278 g/mol. The van der Waals surface area contributed by atoms with Crippen molar-refractivity contribution in [3.05, 3.63) is 72.1 Å². The van der Waals surface area contributed by atoms with Crippen LogP contribution in [0.2, 0.25) is 0 Å². The highest BCUT2D eigenvalue weighted by Gasteiger charge is 2.08. The van der Waals surface area contributed by atoms with Gasteiger partial charge in [0, 0.05) is 11.8 Å². The van der Waals surface area contributed by atoms with Crippen LogP contribution in [0, 0.1) is 6.92 Å². The molecule has 0 saturated heterocycles. The fourth-order valence-corrected chi connectivity index (χ4v) is 2.28. The maximum Gasteiger partial charge on any atom is 0.335 e. The second kappa shape index (κ2) is 5.25. The van der Waals surface area contributed by atoms with Crippen molar-refractivity contribution < 1.29 is 9.90 Å². The van der Waals surface area contributed by atoms with Gasteiger partial charge >= 0.3 is 5.97 Å². The minimum Gasteiger partial charge on any atom is -0.478 e. The molecule has 0 spiro atoms. The summed E-state index contributed by atoms with van der Waals surface area (Å²) >= 11 is 0. The molecule has 21 heavy (non-hydrogen) atoms. The Labute approximate surface area is 122 Å². The molecule has 1 N–H and O–H groups in total. The standard InChI is InChI=1S/C17H14N2O2/c1-12-9-14(17(20)21)7-8-16(12)19-11-15(10-18-19)13-5-3-2-4-6-13/h2-11H,1H3,(H,20,21). The molecule has 0 unspecified atom stereocenters. The van der Waals surface area contributed by atoms with Gasteiger partial charge in [0.05, 0.1) is 17.4 Å². The fraction of sp³-hybridized carbons (Fsp3) is 0.0588. The van der Waals surface area contributed by atoms with E-state index in [0.29, 0.717) is 0 Å². The zero-order valence-electron chi connectivity index (χ0n) is 11.5. The van der Waals surface area contributed by atoms with Gasteiger partial charge in [0.15, 0.2) is 0 Å². The van der Waals surface area contributed by atoms with E-state index in [1.54, 1.807) is 29.1 Å². The zero-order valence-corrected chi connectivity index (χ0v) is 11.5. The van der Waals surface area contributed by atoms with Gasteiger partial charge in [-0.15, -0.1) is 0 Å². The number of hydrogen-bond donors (Lipinski definition) is 1. The largest absolute Gasteiger partial charge is 0.478 e. The van der Waals surface area contributed by atoms with Crippen molar-refractivity contribution >= 4 is 5.97 Å². The number of carboxylic acids is 1. The summed E-state index contributed by atoms with van der Waals surface area (Å²) in [6.07, 6.45) is 3.75. The molecule has 3 rings (SSSR count). The molecule has 2 aromatic carbocycles. The molecule has 104 valence electrons. The van der Waals surface area contributed by atoms with Gasteiger partial charge in [-0.1, -0.05) is 30.3 Å². The minimum atomic E-state index is -0.921. The Morgan fingerprint density at radius 2 is 1.86 bits per heavy atom. The van der Waals surface area contributed by atoms with Gasteiger partial charge in [-0.05, 0) is 36.2 Å². The molecule has 0 saturated carbocycles. The van der Waals surface area contributed by atoms with E-state index in [4.69, 9.17) is 5.11 Å². The van der Waals surface area contributed by atoms with E-state index in [2.05, 4.69) is 5.10 Å². The molecule has 1 heterocycles. The number of carbonyl (C=O) groups is 1. The molecule has 1 aromatic heterocycles.